The van der Waals surface area contributed by atoms with E-state index in [2.05, 4.69) is 34.8 Å². The molecule has 2 atom stereocenters. The van der Waals surface area contributed by atoms with Crippen molar-refractivity contribution in [2.45, 2.75) is 71.5 Å². The SMILES string of the molecule is CC(C)C1CCC(C(=O)N[C@H](C)C(=O)N[C@H](Cc2ccccc2)C(=O)C(=O)NCc2ccccn2)CC1. The first-order chi connectivity index (χ1) is 17.7. The Balaban J connectivity index is 1.59. The van der Waals surface area contributed by atoms with Crippen molar-refractivity contribution in [3.8, 4) is 0 Å². The lowest BCUT2D eigenvalue weighted by atomic mass is 9.76. The van der Waals surface area contributed by atoms with Gasteiger partial charge in [-0.1, -0.05) is 50.2 Å². The summed E-state index contributed by atoms with van der Waals surface area (Å²) in [6.07, 6.45) is 5.41. The Morgan fingerprint density at radius 3 is 2.19 bits per heavy atom. The highest BCUT2D eigenvalue weighted by atomic mass is 16.2. The number of ketones is 1. The second-order valence-electron chi connectivity index (χ2n) is 10.2. The summed E-state index contributed by atoms with van der Waals surface area (Å²) < 4.78 is 0. The summed E-state index contributed by atoms with van der Waals surface area (Å²) in [5.41, 5.74) is 1.42. The lowest BCUT2D eigenvalue weighted by Gasteiger charge is -2.30. The van der Waals surface area contributed by atoms with Gasteiger partial charge in [-0.25, -0.2) is 0 Å². The van der Waals surface area contributed by atoms with Gasteiger partial charge >= 0.3 is 0 Å². The molecule has 0 saturated heterocycles. The maximum atomic E-state index is 13.0. The van der Waals surface area contributed by atoms with E-state index in [0.717, 1.165) is 31.2 Å². The first-order valence-corrected chi connectivity index (χ1v) is 13.1. The number of nitrogens with one attached hydrogen (secondary N) is 3. The number of nitrogens with zero attached hydrogens (tertiary/aromatic N) is 1. The van der Waals surface area contributed by atoms with E-state index in [0.29, 0.717) is 17.5 Å². The average Bonchev–Trinajstić information content (AvgIpc) is 2.92. The Labute approximate surface area is 219 Å². The number of rotatable bonds is 11. The van der Waals surface area contributed by atoms with E-state index in [9.17, 15) is 19.2 Å². The molecule has 8 heteroatoms. The summed E-state index contributed by atoms with van der Waals surface area (Å²) in [6, 6.07) is 12.6. The van der Waals surface area contributed by atoms with E-state index in [-0.39, 0.29) is 24.8 Å². The summed E-state index contributed by atoms with van der Waals surface area (Å²) in [4.78, 5) is 55.6. The third-order valence-corrected chi connectivity index (χ3v) is 7.13. The third kappa shape index (κ3) is 8.51. The van der Waals surface area contributed by atoms with Crippen molar-refractivity contribution >= 4 is 23.5 Å². The molecular weight excluding hydrogens is 468 g/mol. The number of Topliss-reactive ketones (excluding diaryl/α,β-unsaturated/α-hetero) is 1. The van der Waals surface area contributed by atoms with Crippen LogP contribution in [-0.4, -0.2) is 40.6 Å². The predicted octanol–water partition coefficient (Wildman–Crippen LogP) is 2.96. The molecule has 198 valence electrons. The van der Waals surface area contributed by atoms with Crippen LogP contribution in [-0.2, 0) is 32.1 Å². The van der Waals surface area contributed by atoms with E-state index >= 15 is 0 Å². The van der Waals surface area contributed by atoms with E-state index in [1.807, 2.05) is 30.3 Å². The molecule has 0 radical (unpaired) electrons. The monoisotopic (exact) mass is 506 g/mol. The number of carbonyl (C=O) groups excluding carboxylic acids is 4. The van der Waals surface area contributed by atoms with E-state index in [1.54, 1.807) is 31.3 Å². The van der Waals surface area contributed by atoms with Crippen LogP contribution < -0.4 is 16.0 Å². The highest BCUT2D eigenvalue weighted by Gasteiger charge is 2.31. The average molecular weight is 507 g/mol. The standard InChI is InChI=1S/C29H38N4O4/c1-19(2)22-12-14-23(15-13-22)28(36)32-20(3)27(35)33-25(17-21-9-5-4-6-10-21)26(34)29(37)31-18-24-11-7-8-16-30-24/h4-11,16,19-20,22-23,25H,12-15,17-18H2,1-3H3,(H,31,37)(H,32,36)(H,33,35)/t20-,22?,23?,25-/m1/s1. The van der Waals surface area contributed by atoms with Crippen molar-refractivity contribution in [1.29, 1.82) is 0 Å². The molecule has 0 aliphatic heterocycles. The Bertz CT molecular complexity index is 1050. The van der Waals surface area contributed by atoms with Crippen LogP contribution in [0.4, 0.5) is 0 Å². The number of hydrogen-bond acceptors (Lipinski definition) is 5. The summed E-state index contributed by atoms with van der Waals surface area (Å²) in [6.45, 7) is 6.12. The van der Waals surface area contributed by atoms with Crippen molar-refractivity contribution in [2.75, 3.05) is 0 Å². The molecule has 37 heavy (non-hydrogen) atoms. The van der Waals surface area contributed by atoms with Gasteiger partial charge in [0.2, 0.25) is 17.6 Å². The fraction of sp³-hybridized carbons (Fsp3) is 0.483. The smallest absolute Gasteiger partial charge is 0.289 e. The second-order valence-corrected chi connectivity index (χ2v) is 10.2. The van der Waals surface area contributed by atoms with Gasteiger partial charge in [-0.2, -0.15) is 0 Å². The number of hydrogen-bond donors (Lipinski definition) is 3. The molecule has 0 unspecified atom stereocenters. The molecule has 0 bridgehead atoms. The molecule has 1 saturated carbocycles. The predicted molar refractivity (Wildman–Crippen MR) is 141 cm³/mol. The van der Waals surface area contributed by atoms with Crippen LogP contribution in [0, 0.1) is 17.8 Å². The minimum absolute atomic E-state index is 0.100. The Hall–Kier alpha value is -3.55. The Morgan fingerprint density at radius 1 is 0.892 bits per heavy atom. The largest absolute Gasteiger partial charge is 0.344 e. The Morgan fingerprint density at radius 2 is 1.57 bits per heavy atom. The van der Waals surface area contributed by atoms with Crippen molar-refractivity contribution in [3.05, 3.63) is 66.0 Å². The zero-order chi connectivity index (χ0) is 26.8. The van der Waals surface area contributed by atoms with Gasteiger partial charge in [0, 0.05) is 18.5 Å². The zero-order valence-electron chi connectivity index (χ0n) is 21.9. The topological polar surface area (TPSA) is 117 Å². The van der Waals surface area contributed by atoms with Crippen LogP contribution in [0.15, 0.2) is 54.7 Å². The molecule has 3 amide bonds. The number of carbonyl (C=O) groups is 4. The molecular formula is C29H38N4O4. The minimum atomic E-state index is -1.07. The van der Waals surface area contributed by atoms with Crippen molar-refractivity contribution in [2.24, 2.45) is 17.8 Å². The zero-order valence-corrected chi connectivity index (χ0v) is 21.9. The van der Waals surface area contributed by atoms with Crippen LogP contribution in [0.3, 0.4) is 0 Å². The Kier molecular flexibility index (Phi) is 10.4. The number of amides is 3. The number of benzene rings is 1. The summed E-state index contributed by atoms with van der Waals surface area (Å²) in [5.74, 6) is -1.05. The van der Waals surface area contributed by atoms with Gasteiger partial charge in [-0.15, -0.1) is 0 Å². The number of pyridine rings is 1. The number of aromatic nitrogens is 1. The molecule has 3 rings (SSSR count). The fourth-order valence-corrected chi connectivity index (χ4v) is 4.72. The fourth-order valence-electron chi connectivity index (χ4n) is 4.72. The first kappa shape index (κ1) is 28.0. The van der Waals surface area contributed by atoms with Gasteiger partial charge in [-0.05, 0) is 62.1 Å². The quantitative estimate of drug-likeness (QED) is 0.405. The molecule has 8 nitrogen and oxygen atoms in total. The molecule has 1 heterocycles. The third-order valence-electron chi connectivity index (χ3n) is 7.13. The summed E-state index contributed by atoms with van der Waals surface area (Å²) in [7, 11) is 0. The van der Waals surface area contributed by atoms with Gasteiger partial charge in [0.05, 0.1) is 12.2 Å². The van der Waals surface area contributed by atoms with Crippen LogP contribution in [0.1, 0.15) is 57.7 Å². The van der Waals surface area contributed by atoms with Crippen LogP contribution in [0.5, 0.6) is 0 Å². The first-order valence-electron chi connectivity index (χ1n) is 13.1. The van der Waals surface area contributed by atoms with Gasteiger partial charge in [0.25, 0.3) is 5.91 Å². The van der Waals surface area contributed by atoms with Crippen molar-refractivity contribution < 1.29 is 19.2 Å². The molecule has 1 aliphatic rings. The van der Waals surface area contributed by atoms with Gasteiger partial charge in [0.15, 0.2) is 0 Å². The lowest BCUT2D eigenvalue weighted by molar-refractivity contribution is -0.140. The van der Waals surface area contributed by atoms with E-state index in [1.165, 1.54) is 0 Å². The minimum Gasteiger partial charge on any atom is -0.344 e. The maximum Gasteiger partial charge on any atom is 0.289 e. The van der Waals surface area contributed by atoms with Gasteiger partial charge < -0.3 is 16.0 Å². The van der Waals surface area contributed by atoms with E-state index in [4.69, 9.17) is 0 Å². The molecule has 3 N–H and O–H groups in total. The molecule has 1 aliphatic carbocycles. The summed E-state index contributed by atoms with van der Waals surface area (Å²) >= 11 is 0. The van der Waals surface area contributed by atoms with Crippen LogP contribution in [0.2, 0.25) is 0 Å². The molecule has 1 aromatic carbocycles. The van der Waals surface area contributed by atoms with Gasteiger partial charge in [-0.3, -0.25) is 24.2 Å². The maximum absolute atomic E-state index is 13.0. The highest BCUT2D eigenvalue weighted by molar-refractivity contribution is 6.38. The second kappa shape index (κ2) is 13.7. The normalized spacial score (nSPS) is 18.9. The van der Waals surface area contributed by atoms with Crippen LogP contribution in [0.25, 0.3) is 0 Å². The highest BCUT2D eigenvalue weighted by Crippen LogP contribution is 2.33. The van der Waals surface area contributed by atoms with Gasteiger partial charge in [0.1, 0.15) is 12.1 Å². The molecule has 0 spiro atoms. The summed E-state index contributed by atoms with van der Waals surface area (Å²) in [5, 5.41) is 8.08. The molecule has 2 aromatic rings. The molecule has 1 fully saturated rings. The van der Waals surface area contributed by atoms with Crippen molar-refractivity contribution in [3.63, 3.8) is 0 Å². The lowest BCUT2D eigenvalue weighted by Crippen LogP contribution is -2.54. The van der Waals surface area contributed by atoms with E-state index < -0.39 is 29.7 Å². The van der Waals surface area contributed by atoms with Crippen LogP contribution >= 0.6 is 0 Å². The van der Waals surface area contributed by atoms with Crippen molar-refractivity contribution in [1.82, 2.24) is 20.9 Å². The molecule has 1 aromatic heterocycles.